The zero-order chi connectivity index (χ0) is 13.5. The molecule has 0 aliphatic rings. The summed E-state index contributed by atoms with van der Waals surface area (Å²) >= 11 is 3.49. The van der Waals surface area contributed by atoms with Crippen LogP contribution in [0.25, 0.3) is 0 Å². The monoisotopic (exact) mass is 314 g/mol. The minimum atomic E-state index is 0.403. The van der Waals surface area contributed by atoms with Crippen LogP contribution in [-0.2, 0) is 0 Å². The highest BCUT2D eigenvalue weighted by Gasteiger charge is 2.15. The van der Waals surface area contributed by atoms with Crippen molar-refractivity contribution in [3.8, 4) is 0 Å². The topological polar surface area (TPSA) is 49.8 Å². The van der Waals surface area contributed by atoms with Gasteiger partial charge in [-0.3, -0.25) is 0 Å². The van der Waals surface area contributed by atoms with Crippen molar-refractivity contribution in [3.63, 3.8) is 0 Å². The lowest BCUT2D eigenvalue weighted by atomic mass is 9.95. The predicted octanol–water partition coefficient (Wildman–Crippen LogP) is 3.91. The molecule has 1 rings (SSSR count). The molecule has 0 fully saturated rings. The van der Waals surface area contributed by atoms with E-state index in [1.165, 1.54) is 12.8 Å². The summed E-state index contributed by atoms with van der Waals surface area (Å²) in [5.74, 6) is 2.19. The Morgan fingerprint density at radius 1 is 1.28 bits per heavy atom. The van der Waals surface area contributed by atoms with Crippen LogP contribution in [0.1, 0.15) is 40.5 Å². The van der Waals surface area contributed by atoms with E-state index in [0.717, 1.165) is 16.8 Å². The molecule has 0 aliphatic carbocycles. The van der Waals surface area contributed by atoms with E-state index in [-0.39, 0.29) is 0 Å². The summed E-state index contributed by atoms with van der Waals surface area (Å²) in [5.41, 5.74) is 0. The highest BCUT2D eigenvalue weighted by Crippen LogP contribution is 2.23. The van der Waals surface area contributed by atoms with Crippen LogP contribution in [0.5, 0.6) is 0 Å². The number of rotatable bonds is 7. The zero-order valence-electron chi connectivity index (χ0n) is 11.6. The third kappa shape index (κ3) is 4.12. The number of halogens is 1. The third-order valence-electron chi connectivity index (χ3n) is 3.20. The van der Waals surface area contributed by atoms with E-state index in [4.69, 9.17) is 0 Å². The quantitative estimate of drug-likeness (QED) is 0.801. The predicted molar refractivity (Wildman–Crippen MR) is 81.1 cm³/mol. The zero-order valence-corrected chi connectivity index (χ0v) is 13.2. The number of hydrogen-bond donors (Lipinski definition) is 2. The molecular formula is C13H23BrN4. The normalized spacial score (nSPS) is 12.6. The number of anilines is 2. The fraction of sp³-hybridized carbons (Fsp3) is 0.692. The van der Waals surface area contributed by atoms with E-state index in [1.807, 2.05) is 6.92 Å². The van der Waals surface area contributed by atoms with Gasteiger partial charge in [0, 0.05) is 18.8 Å². The summed E-state index contributed by atoms with van der Waals surface area (Å²) in [6, 6.07) is 0.403. The molecule has 5 heteroatoms. The maximum Gasteiger partial charge on any atom is 0.224 e. The molecule has 18 heavy (non-hydrogen) atoms. The lowest BCUT2D eigenvalue weighted by Crippen LogP contribution is -2.26. The number of nitrogens with zero attached hydrogens (tertiary/aromatic N) is 2. The van der Waals surface area contributed by atoms with Gasteiger partial charge in [-0.15, -0.1) is 0 Å². The van der Waals surface area contributed by atoms with E-state index in [1.54, 1.807) is 6.20 Å². The number of aromatic nitrogens is 2. The van der Waals surface area contributed by atoms with Crippen molar-refractivity contribution in [2.75, 3.05) is 17.2 Å². The molecule has 0 saturated heterocycles. The van der Waals surface area contributed by atoms with E-state index >= 15 is 0 Å². The molecule has 1 aromatic rings. The Morgan fingerprint density at radius 2 is 1.94 bits per heavy atom. The Morgan fingerprint density at radius 3 is 2.50 bits per heavy atom. The largest absolute Gasteiger partial charge is 0.366 e. The van der Waals surface area contributed by atoms with E-state index < -0.39 is 0 Å². The van der Waals surface area contributed by atoms with E-state index in [2.05, 4.69) is 57.3 Å². The second-order valence-corrected chi connectivity index (χ2v) is 5.28. The summed E-state index contributed by atoms with van der Waals surface area (Å²) in [6.07, 6.45) is 4.13. The van der Waals surface area contributed by atoms with Gasteiger partial charge in [0.25, 0.3) is 0 Å². The molecule has 0 spiro atoms. The molecule has 0 bridgehead atoms. The lowest BCUT2D eigenvalue weighted by Gasteiger charge is -2.23. The van der Waals surface area contributed by atoms with Crippen molar-refractivity contribution in [1.82, 2.24) is 9.97 Å². The first-order chi connectivity index (χ1) is 8.62. The molecule has 0 aliphatic heterocycles. The van der Waals surface area contributed by atoms with Gasteiger partial charge < -0.3 is 10.6 Å². The van der Waals surface area contributed by atoms with Crippen LogP contribution in [0.15, 0.2) is 10.7 Å². The molecule has 102 valence electrons. The van der Waals surface area contributed by atoms with Gasteiger partial charge in [-0.25, -0.2) is 4.98 Å². The maximum absolute atomic E-state index is 4.47. The van der Waals surface area contributed by atoms with Gasteiger partial charge in [-0.05, 0) is 35.7 Å². The summed E-state index contributed by atoms with van der Waals surface area (Å²) < 4.78 is 0.905. The Bertz CT molecular complexity index is 366. The summed E-state index contributed by atoms with van der Waals surface area (Å²) in [6.45, 7) is 9.52. The van der Waals surface area contributed by atoms with Crippen LogP contribution in [0.4, 0.5) is 11.8 Å². The molecule has 0 saturated carbocycles. The van der Waals surface area contributed by atoms with Crippen molar-refractivity contribution < 1.29 is 0 Å². The van der Waals surface area contributed by atoms with Crippen LogP contribution in [-0.4, -0.2) is 22.6 Å². The van der Waals surface area contributed by atoms with Gasteiger partial charge in [-0.2, -0.15) is 4.98 Å². The lowest BCUT2D eigenvalue weighted by molar-refractivity contribution is 0.437. The van der Waals surface area contributed by atoms with Crippen molar-refractivity contribution in [1.29, 1.82) is 0 Å². The molecule has 0 aromatic carbocycles. The minimum absolute atomic E-state index is 0.403. The SMILES string of the molecule is CCNc1ncc(Br)c(NC(C)C(CC)CC)n1. The number of nitrogens with one attached hydrogen (secondary N) is 2. The molecule has 0 amide bonds. The Labute approximate surface area is 118 Å². The minimum Gasteiger partial charge on any atom is -0.366 e. The fourth-order valence-electron chi connectivity index (χ4n) is 2.04. The molecule has 0 radical (unpaired) electrons. The van der Waals surface area contributed by atoms with Gasteiger partial charge in [0.05, 0.1) is 4.47 Å². The van der Waals surface area contributed by atoms with Crippen molar-refractivity contribution in [3.05, 3.63) is 10.7 Å². The van der Waals surface area contributed by atoms with Crippen molar-refractivity contribution in [2.45, 2.75) is 46.6 Å². The van der Waals surface area contributed by atoms with Gasteiger partial charge in [0.2, 0.25) is 5.95 Å². The smallest absolute Gasteiger partial charge is 0.224 e. The number of hydrogen-bond acceptors (Lipinski definition) is 4. The maximum atomic E-state index is 4.47. The second kappa shape index (κ2) is 7.56. The molecule has 1 aromatic heterocycles. The van der Waals surface area contributed by atoms with Crippen LogP contribution in [0, 0.1) is 5.92 Å². The first kappa shape index (κ1) is 15.2. The average Bonchev–Trinajstić information content (AvgIpc) is 2.35. The van der Waals surface area contributed by atoms with Gasteiger partial charge in [0.1, 0.15) is 5.82 Å². The average molecular weight is 315 g/mol. The van der Waals surface area contributed by atoms with Gasteiger partial charge in [0.15, 0.2) is 0 Å². The van der Waals surface area contributed by atoms with Crippen molar-refractivity contribution >= 4 is 27.7 Å². The fourth-order valence-corrected chi connectivity index (χ4v) is 2.35. The summed E-state index contributed by atoms with van der Waals surface area (Å²) in [5, 5.41) is 6.60. The Kier molecular flexibility index (Phi) is 6.39. The van der Waals surface area contributed by atoms with Crippen LogP contribution in [0.2, 0.25) is 0 Å². The second-order valence-electron chi connectivity index (χ2n) is 4.43. The van der Waals surface area contributed by atoms with Crippen LogP contribution < -0.4 is 10.6 Å². The van der Waals surface area contributed by atoms with E-state index in [0.29, 0.717) is 17.9 Å². The van der Waals surface area contributed by atoms with Gasteiger partial charge in [-0.1, -0.05) is 26.7 Å². The molecule has 1 unspecified atom stereocenters. The summed E-state index contributed by atoms with van der Waals surface area (Å²) in [7, 11) is 0. The standard InChI is InChI=1S/C13H23BrN4/c1-5-10(6-2)9(4)17-12-11(14)8-16-13(18-12)15-7-3/h8-10H,5-7H2,1-4H3,(H2,15,16,17,18). The first-order valence-electron chi connectivity index (χ1n) is 6.65. The highest BCUT2D eigenvalue weighted by atomic mass is 79.9. The molecule has 4 nitrogen and oxygen atoms in total. The van der Waals surface area contributed by atoms with Gasteiger partial charge >= 0.3 is 0 Å². The van der Waals surface area contributed by atoms with Crippen molar-refractivity contribution in [2.24, 2.45) is 5.92 Å². The Hall–Kier alpha value is -0.840. The first-order valence-corrected chi connectivity index (χ1v) is 7.44. The Balaban J connectivity index is 2.79. The third-order valence-corrected chi connectivity index (χ3v) is 3.78. The van der Waals surface area contributed by atoms with E-state index in [9.17, 15) is 0 Å². The highest BCUT2D eigenvalue weighted by molar-refractivity contribution is 9.10. The summed E-state index contributed by atoms with van der Waals surface area (Å²) in [4.78, 5) is 8.68. The molecule has 1 heterocycles. The molecule has 2 N–H and O–H groups in total. The van der Waals surface area contributed by atoms with Crippen LogP contribution >= 0.6 is 15.9 Å². The molecule has 1 atom stereocenters. The van der Waals surface area contributed by atoms with Crippen LogP contribution in [0.3, 0.4) is 0 Å². The molecular weight excluding hydrogens is 292 g/mol.